The van der Waals surface area contributed by atoms with E-state index in [1.165, 1.54) is 30.9 Å². The fourth-order valence-corrected chi connectivity index (χ4v) is 4.32. The first-order valence-electron chi connectivity index (χ1n) is 5.80. The van der Waals surface area contributed by atoms with Crippen molar-refractivity contribution in [1.82, 2.24) is 0 Å². The van der Waals surface area contributed by atoms with Gasteiger partial charge in [-0.2, -0.15) is 0 Å². The van der Waals surface area contributed by atoms with Crippen LogP contribution in [0.1, 0.15) is 32.6 Å². The van der Waals surface area contributed by atoms with E-state index < -0.39 is 8.56 Å². The van der Waals surface area contributed by atoms with Crippen LogP contribution in [0.15, 0.2) is 30.3 Å². The Labute approximate surface area is 92.4 Å². The summed E-state index contributed by atoms with van der Waals surface area (Å²) < 4.78 is 10.6. The standard InChI is InChI=1S/C12H18O2Si/c1-2-3-4-8-11-15(13-14-15)12-9-6-5-7-10-12/h5-7,9-10H,2-4,8,11H2,1H3. The van der Waals surface area contributed by atoms with Gasteiger partial charge in [0, 0.05) is 0 Å². The van der Waals surface area contributed by atoms with Gasteiger partial charge in [0.05, 0.1) is 0 Å². The monoisotopic (exact) mass is 222 g/mol. The zero-order chi connectivity index (χ0) is 10.6. The van der Waals surface area contributed by atoms with Gasteiger partial charge in [-0.05, 0) is 11.2 Å². The van der Waals surface area contributed by atoms with Crippen molar-refractivity contribution in [1.29, 1.82) is 0 Å². The van der Waals surface area contributed by atoms with Crippen LogP contribution >= 0.6 is 0 Å². The van der Waals surface area contributed by atoms with Crippen LogP contribution in [-0.2, 0) is 9.15 Å². The molecular formula is C12H18O2Si. The minimum Gasteiger partial charge on any atom is -0.250 e. The van der Waals surface area contributed by atoms with Crippen molar-refractivity contribution in [2.24, 2.45) is 0 Å². The quantitative estimate of drug-likeness (QED) is 0.320. The second kappa shape index (κ2) is 4.92. The molecule has 0 aromatic heterocycles. The van der Waals surface area contributed by atoms with Crippen LogP contribution in [0, 0.1) is 0 Å². The number of benzene rings is 1. The molecule has 1 fully saturated rings. The Kier molecular flexibility index (Phi) is 3.56. The van der Waals surface area contributed by atoms with Gasteiger partial charge in [-0.25, -0.2) is 0 Å². The third-order valence-corrected chi connectivity index (χ3v) is 5.65. The molecule has 2 rings (SSSR count). The van der Waals surface area contributed by atoms with E-state index in [1.54, 1.807) is 0 Å². The highest BCUT2D eigenvalue weighted by molar-refractivity contribution is 6.85. The molecule has 0 amide bonds. The molecule has 0 radical (unpaired) electrons. The van der Waals surface area contributed by atoms with Gasteiger partial charge in [-0.3, -0.25) is 9.15 Å². The van der Waals surface area contributed by atoms with Crippen molar-refractivity contribution in [3.63, 3.8) is 0 Å². The van der Waals surface area contributed by atoms with E-state index in [-0.39, 0.29) is 0 Å². The Morgan fingerprint density at radius 3 is 2.33 bits per heavy atom. The van der Waals surface area contributed by atoms with E-state index in [9.17, 15) is 0 Å². The third-order valence-electron chi connectivity index (χ3n) is 2.86. The van der Waals surface area contributed by atoms with E-state index in [4.69, 9.17) is 9.15 Å². The van der Waals surface area contributed by atoms with Gasteiger partial charge in [0.25, 0.3) is 0 Å². The maximum absolute atomic E-state index is 5.30. The molecular weight excluding hydrogens is 204 g/mol. The molecule has 2 nitrogen and oxygen atoms in total. The van der Waals surface area contributed by atoms with Gasteiger partial charge < -0.3 is 0 Å². The van der Waals surface area contributed by atoms with Crippen LogP contribution in [0.4, 0.5) is 0 Å². The number of hydrogen-bond donors (Lipinski definition) is 0. The highest BCUT2D eigenvalue weighted by Gasteiger charge is 2.55. The summed E-state index contributed by atoms with van der Waals surface area (Å²) in [6, 6.07) is 11.5. The van der Waals surface area contributed by atoms with Crippen molar-refractivity contribution < 1.29 is 9.15 Å². The lowest BCUT2D eigenvalue weighted by Gasteiger charge is -2.03. The molecule has 0 bridgehead atoms. The largest absolute Gasteiger partial charge is 0.436 e. The van der Waals surface area contributed by atoms with E-state index >= 15 is 0 Å². The SMILES string of the molecule is CCCCCC[Si]1(c2ccccc2)OO1. The molecule has 1 aromatic carbocycles. The molecule has 3 heteroatoms. The fraction of sp³-hybridized carbons (Fsp3) is 0.500. The smallest absolute Gasteiger partial charge is 0.250 e. The van der Waals surface area contributed by atoms with E-state index in [1.807, 2.05) is 6.07 Å². The van der Waals surface area contributed by atoms with E-state index in [0.29, 0.717) is 0 Å². The summed E-state index contributed by atoms with van der Waals surface area (Å²) >= 11 is 0. The van der Waals surface area contributed by atoms with Crippen LogP contribution in [0.5, 0.6) is 0 Å². The van der Waals surface area contributed by atoms with Crippen molar-refractivity contribution in [2.75, 3.05) is 0 Å². The summed E-state index contributed by atoms with van der Waals surface area (Å²) in [4.78, 5) is 0. The van der Waals surface area contributed by atoms with Gasteiger partial charge in [-0.1, -0.05) is 62.9 Å². The third kappa shape index (κ3) is 2.68. The van der Waals surface area contributed by atoms with Crippen LogP contribution < -0.4 is 5.19 Å². The fourth-order valence-electron chi connectivity index (χ4n) is 1.85. The molecule has 1 heterocycles. The summed E-state index contributed by atoms with van der Waals surface area (Å²) in [5, 5.41) is 1.28. The summed E-state index contributed by atoms with van der Waals surface area (Å²) in [5.41, 5.74) is 0. The summed E-state index contributed by atoms with van der Waals surface area (Å²) in [5.74, 6) is 0. The number of unbranched alkanes of at least 4 members (excludes halogenated alkanes) is 3. The Hall–Kier alpha value is -0.643. The second-order valence-corrected chi connectivity index (χ2v) is 7.01. The molecule has 0 aliphatic carbocycles. The molecule has 1 aliphatic heterocycles. The topological polar surface area (TPSA) is 25.1 Å². The molecule has 82 valence electrons. The highest BCUT2D eigenvalue weighted by Crippen LogP contribution is 2.30. The predicted molar refractivity (Wildman–Crippen MR) is 62.9 cm³/mol. The lowest BCUT2D eigenvalue weighted by atomic mass is 10.2. The minimum absolute atomic E-state index is 1.11. The second-order valence-electron chi connectivity index (χ2n) is 4.10. The average Bonchev–Trinajstić information content (AvgIpc) is 3.07. The van der Waals surface area contributed by atoms with Crippen molar-refractivity contribution in [3.05, 3.63) is 30.3 Å². The Morgan fingerprint density at radius 2 is 1.73 bits per heavy atom. The predicted octanol–water partition coefficient (Wildman–Crippen LogP) is 2.88. The maximum atomic E-state index is 5.30. The molecule has 0 unspecified atom stereocenters. The zero-order valence-electron chi connectivity index (χ0n) is 9.24. The first kappa shape index (κ1) is 10.9. The number of hydrogen-bond acceptors (Lipinski definition) is 2. The Balaban J connectivity index is 1.86. The maximum Gasteiger partial charge on any atom is 0.436 e. The van der Waals surface area contributed by atoms with E-state index in [0.717, 1.165) is 6.04 Å². The first-order valence-corrected chi connectivity index (χ1v) is 7.82. The van der Waals surface area contributed by atoms with Gasteiger partial charge >= 0.3 is 8.56 Å². The van der Waals surface area contributed by atoms with Crippen molar-refractivity contribution >= 4 is 13.7 Å². The zero-order valence-corrected chi connectivity index (χ0v) is 10.2. The van der Waals surface area contributed by atoms with Crippen LogP contribution in [0.3, 0.4) is 0 Å². The van der Waals surface area contributed by atoms with Crippen LogP contribution in [-0.4, -0.2) is 8.56 Å². The lowest BCUT2D eigenvalue weighted by Crippen LogP contribution is -2.33. The first-order chi connectivity index (χ1) is 7.37. The molecule has 15 heavy (non-hydrogen) atoms. The molecule has 1 aliphatic rings. The summed E-state index contributed by atoms with van der Waals surface area (Å²) in [6.07, 6.45) is 5.13. The van der Waals surface area contributed by atoms with Crippen molar-refractivity contribution in [3.8, 4) is 0 Å². The molecule has 0 atom stereocenters. The number of rotatable bonds is 6. The minimum atomic E-state index is -1.88. The van der Waals surface area contributed by atoms with Crippen LogP contribution in [0.25, 0.3) is 0 Å². The van der Waals surface area contributed by atoms with Crippen LogP contribution in [0.2, 0.25) is 6.04 Å². The Morgan fingerprint density at radius 1 is 1.00 bits per heavy atom. The molecule has 0 saturated carbocycles. The lowest BCUT2D eigenvalue weighted by molar-refractivity contribution is 0.0850. The normalized spacial score (nSPS) is 17.7. The molecule has 0 N–H and O–H groups in total. The average molecular weight is 222 g/mol. The molecule has 0 spiro atoms. The van der Waals surface area contributed by atoms with Crippen molar-refractivity contribution in [2.45, 2.75) is 38.7 Å². The van der Waals surface area contributed by atoms with E-state index in [2.05, 4.69) is 31.2 Å². The van der Waals surface area contributed by atoms with Gasteiger partial charge in [0.2, 0.25) is 0 Å². The van der Waals surface area contributed by atoms with Gasteiger partial charge in [0.1, 0.15) is 0 Å². The molecule has 1 saturated heterocycles. The highest BCUT2D eigenvalue weighted by atomic mass is 28.4. The Bertz CT molecular complexity index is 296. The molecule has 1 aromatic rings. The van der Waals surface area contributed by atoms with Gasteiger partial charge in [-0.15, -0.1) is 0 Å². The summed E-state index contributed by atoms with van der Waals surface area (Å²) in [7, 11) is -1.88. The summed E-state index contributed by atoms with van der Waals surface area (Å²) in [6.45, 7) is 2.23. The van der Waals surface area contributed by atoms with Gasteiger partial charge in [0.15, 0.2) is 0 Å².